The molecule has 0 bridgehead atoms. The minimum absolute atomic E-state index is 0.0419. The number of carbonyl (C=O) groups excluding carboxylic acids is 1. The quantitative estimate of drug-likeness (QED) is 0.872. The van der Waals surface area contributed by atoms with Gasteiger partial charge in [0.1, 0.15) is 11.4 Å². The van der Waals surface area contributed by atoms with Gasteiger partial charge in [-0.25, -0.2) is 0 Å². The van der Waals surface area contributed by atoms with Crippen LogP contribution in [0.4, 0.5) is 5.69 Å². The number of amides is 1. The van der Waals surface area contributed by atoms with Crippen LogP contribution >= 0.6 is 0 Å². The molecular weight excluding hydrogens is 336 g/mol. The highest BCUT2D eigenvalue weighted by atomic mass is 16.5. The number of hydrogen-bond acceptors (Lipinski definition) is 3. The molecule has 0 atom stereocenters. The first-order valence-corrected chi connectivity index (χ1v) is 9.99. The first kappa shape index (κ1) is 18.1. The van der Waals surface area contributed by atoms with Gasteiger partial charge in [0.05, 0.1) is 0 Å². The van der Waals surface area contributed by atoms with Crippen molar-refractivity contribution in [2.45, 2.75) is 45.1 Å². The molecule has 1 spiro atoms. The third-order valence-corrected chi connectivity index (χ3v) is 5.99. The van der Waals surface area contributed by atoms with Crippen LogP contribution in [0.25, 0.3) is 11.1 Å². The second-order valence-electron chi connectivity index (χ2n) is 7.80. The largest absolute Gasteiger partial charge is 0.487 e. The van der Waals surface area contributed by atoms with E-state index in [1.54, 1.807) is 0 Å². The highest BCUT2D eigenvalue weighted by Crippen LogP contribution is 2.40. The van der Waals surface area contributed by atoms with Crippen molar-refractivity contribution in [1.82, 2.24) is 4.90 Å². The van der Waals surface area contributed by atoms with E-state index in [0.29, 0.717) is 0 Å². The van der Waals surface area contributed by atoms with Gasteiger partial charge in [-0.1, -0.05) is 25.1 Å². The van der Waals surface area contributed by atoms with Crippen molar-refractivity contribution >= 4 is 11.6 Å². The number of benzene rings is 2. The van der Waals surface area contributed by atoms with Gasteiger partial charge < -0.3 is 15.0 Å². The van der Waals surface area contributed by atoms with Crippen LogP contribution in [0, 0.1) is 0 Å². The summed E-state index contributed by atoms with van der Waals surface area (Å²) in [4.78, 5) is 13.7. The summed E-state index contributed by atoms with van der Waals surface area (Å²) in [6, 6.07) is 14.5. The van der Waals surface area contributed by atoms with E-state index in [1.165, 1.54) is 18.1 Å². The van der Waals surface area contributed by atoms with Gasteiger partial charge in [-0.2, -0.15) is 0 Å². The van der Waals surface area contributed by atoms with E-state index >= 15 is 0 Å². The van der Waals surface area contributed by atoms with Crippen LogP contribution in [0.3, 0.4) is 0 Å². The minimum Gasteiger partial charge on any atom is -0.487 e. The molecule has 1 fully saturated rings. The van der Waals surface area contributed by atoms with Gasteiger partial charge >= 0.3 is 0 Å². The Labute approximate surface area is 161 Å². The lowest BCUT2D eigenvalue weighted by Crippen LogP contribution is -2.49. The van der Waals surface area contributed by atoms with Gasteiger partial charge in [0.2, 0.25) is 5.91 Å². The maximum atomic E-state index is 11.2. The summed E-state index contributed by atoms with van der Waals surface area (Å²) in [5.41, 5.74) is 4.53. The molecule has 142 valence electrons. The molecule has 2 aromatic carbocycles. The van der Waals surface area contributed by atoms with Crippen molar-refractivity contribution < 1.29 is 9.53 Å². The van der Waals surface area contributed by atoms with Crippen LogP contribution in [0.5, 0.6) is 5.75 Å². The van der Waals surface area contributed by atoms with Crippen molar-refractivity contribution in [1.29, 1.82) is 0 Å². The van der Waals surface area contributed by atoms with Crippen LogP contribution in [0.1, 0.15) is 38.7 Å². The smallest absolute Gasteiger partial charge is 0.221 e. The number of ether oxygens (including phenoxy) is 1. The zero-order valence-corrected chi connectivity index (χ0v) is 16.3. The fourth-order valence-corrected chi connectivity index (χ4v) is 4.28. The van der Waals surface area contributed by atoms with E-state index < -0.39 is 0 Å². The lowest BCUT2D eigenvalue weighted by Gasteiger charge is -2.44. The lowest BCUT2D eigenvalue weighted by molar-refractivity contribution is -0.114. The van der Waals surface area contributed by atoms with Crippen molar-refractivity contribution in [3.63, 3.8) is 0 Å². The molecule has 0 aliphatic carbocycles. The fraction of sp³-hybridized carbons (Fsp3) is 0.435. The van der Waals surface area contributed by atoms with E-state index in [9.17, 15) is 4.79 Å². The molecule has 1 amide bonds. The first-order chi connectivity index (χ1) is 13.1. The number of piperidine rings is 1. The van der Waals surface area contributed by atoms with Crippen LogP contribution in [0.2, 0.25) is 0 Å². The molecule has 2 heterocycles. The average molecular weight is 364 g/mol. The SMILES string of the molecule is CCN1CCC2(CCc3cc(-c4ccc(NC(C)=O)cc4)ccc3O2)CC1. The van der Waals surface area contributed by atoms with Crippen LogP contribution < -0.4 is 10.1 Å². The number of nitrogens with one attached hydrogen (secondary N) is 1. The van der Waals surface area contributed by atoms with Crippen molar-refractivity contribution in [2.75, 3.05) is 25.0 Å². The van der Waals surface area contributed by atoms with Crippen molar-refractivity contribution in [3.05, 3.63) is 48.0 Å². The number of rotatable bonds is 3. The Morgan fingerprint density at radius 1 is 1.07 bits per heavy atom. The van der Waals surface area contributed by atoms with Crippen LogP contribution in [-0.2, 0) is 11.2 Å². The Balaban J connectivity index is 1.50. The zero-order chi connectivity index (χ0) is 18.9. The summed E-state index contributed by atoms with van der Waals surface area (Å²) in [6.45, 7) is 7.18. The second kappa shape index (κ2) is 7.35. The van der Waals surface area contributed by atoms with Crippen LogP contribution in [-0.4, -0.2) is 36.0 Å². The Hall–Kier alpha value is -2.33. The van der Waals surface area contributed by atoms with E-state index in [0.717, 1.165) is 62.3 Å². The molecule has 2 aromatic rings. The summed E-state index contributed by atoms with van der Waals surface area (Å²) in [7, 11) is 0. The molecule has 1 N–H and O–H groups in total. The number of nitrogens with zero attached hydrogens (tertiary/aromatic N) is 1. The molecule has 0 saturated carbocycles. The summed E-state index contributed by atoms with van der Waals surface area (Å²) in [5.74, 6) is 1.01. The lowest BCUT2D eigenvalue weighted by atomic mass is 9.82. The fourth-order valence-electron chi connectivity index (χ4n) is 4.28. The molecule has 4 rings (SSSR count). The normalized spacial score (nSPS) is 18.6. The van der Waals surface area contributed by atoms with Gasteiger partial charge in [-0.15, -0.1) is 0 Å². The Morgan fingerprint density at radius 2 is 1.78 bits per heavy atom. The third kappa shape index (κ3) is 3.86. The minimum atomic E-state index is -0.0487. The number of likely N-dealkylation sites (tertiary alicyclic amines) is 1. The zero-order valence-electron chi connectivity index (χ0n) is 16.3. The maximum Gasteiger partial charge on any atom is 0.221 e. The number of hydrogen-bond donors (Lipinski definition) is 1. The molecule has 2 aliphatic rings. The number of fused-ring (bicyclic) bond motifs is 1. The highest BCUT2D eigenvalue weighted by Gasteiger charge is 2.39. The van der Waals surface area contributed by atoms with Crippen molar-refractivity contribution in [3.8, 4) is 16.9 Å². The standard InChI is InChI=1S/C23H28N2O2/c1-3-25-14-12-23(13-15-25)11-10-20-16-19(6-9-22(20)27-23)18-4-7-21(8-5-18)24-17(2)26/h4-9,16H,3,10-15H2,1-2H3,(H,24,26). The highest BCUT2D eigenvalue weighted by molar-refractivity contribution is 5.89. The van der Waals surface area contributed by atoms with Gasteiger partial charge in [0.15, 0.2) is 0 Å². The molecule has 1 saturated heterocycles. The van der Waals surface area contributed by atoms with E-state index in [-0.39, 0.29) is 11.5 Å². The molecule has 0 unspecified atom stereocenters. The predicted molar refractivity (Wildman–Crippen MR) is 109 cm³/mol. The summed E-state index contributed by atoms with van der Waals surface area (Å²) >= 11 is 0. The molecule has 27 heavy (non-hydrogen) atoms. The summed E-state index contributed by atoms with van der Waals surface area (Å²) < 4.78 is 6.53. The van der Waals surface area contributed by atoms with Crippen molar-refractivity contribution in [2.24, 2.45) is 0 Å². The van der Waals surface area contributed by atoms with Gasteiger partial charge in [-0.05, 0) is 73.2 Å². The van der Waals surface area contributed by atoms with Gasteiger partial charge in [-0.3, -0.25) is 4.79 Å². The number of aryl methyl sites for hydroxylation is 1. The molecule has 0 radical (unpaired) electrons. The molecule has 4 nitrogen and oxygen atoms in total. The van der Waals surface area contributed by atoms with Gasteiger partial charge in [0.25, 0.3) is 0 Å². The third-order valence-electron chi connectivity index (χ3n) is 5.99. The number of anilines is 1. The van der Waals surface area contributed by atoms with E-state index in [4.69, 9.17) is 4.74 Å². The van der Waals surface area contributed by atoms with E-state index in [1.807, 2.05) is 12.1 Å². The van der Waals surface area contributed by atoms with E-state index in [2.05, 4.69) is 47.5 Å². The molecule has 4 heteroatoms. The first-order valence-electron chi connectivity index (χ1n) is 9.99. The Bertz CT molecular complexity index is 821. The molecule has 2 aliphatic heterocycles. The summed E-state index contributed by atoms with van der Waals surface area (Å²) in [6.07, 6.45) is 4.46. The van der Waals surface area contributed by atoms with Crippen LogP contribution in [0.15, 0.2) is 42.5 Å². The average Bonchev–Trinajstić information content (AvgIpc) is 2.68. The monoisotopic (exact) mass is 364 g/mol. The Kier molecular flexibility index (Phi) is 4.92. The Morgan fingerprint density at radius 3 is 2.44 bits per heavy atom. The molecule has 0 aromatic heterocycles. The second-order valence-corrected chi connectivity index (χ2v) is 7.80. The number of carbonyl (C=O) groups is 1. The predicted octanol–water partition coefficient (Wildman–Crippen LogP) is 4.49. The van der Waals surface area contributed by atoms with Gasteiger partial charge in [0, 0.05) is 25.7 Å². The molecular formula is C23H28N2O2. The maximum absolute atomic E-state index is 11.2. The summed E-state index contributed by atoms with van der Waals surface area (Å²) in [5, 5.41) is 2.81. The topological polar surface area (TPSA) is 41.6 Å².